The summed E-state index contributed by atoms with van der Waals surface area (Å²) in [5.41, 5.74) is 2.53. The van der Waals surface area contributed by atoms with Gasteiger partial charge in [0.25, 0.3) is 5.91 Å². The molecule has 0 atom stereocenters. The van der Waals surface area contributed by atoms with Crippen molar-refractivity contribution < 1.29 is 14.3 Å². The number of rotatable bonds is 5. The molecule has 0 radical (unpaired) electrons. The third kappa shape index (κ3) is 4.34. The summed E-state index contributed by atoms with van der Waals surface area (Å²) in [4.78, 5) is 34.1. The van der Waals surface area contributed by atoms with Gasteiger partial charge in [0.05, 0.1) is 16.6 Å². The first-order chi connectivity index (χ1) is 12.5. The van der Waals surface area contributed by atoms with E-state index in [1.54, 1.807) is 49.8 Å². The molecule has 0 aliphatic heterocycles. The summed E-state index contributed by atoms with van der Waals surface area (Å²) >= 11 is 5.84. The molecule has 0 saturated carbocycles. The Morgan fingerprint density at radius 3 is 2.46 bits per heavy atom. The number of nitrogens with zero attached hydrogens (tertiary/aromatic N) is 3. The highest BCUT2D eigenvalue weighted by Gasteiger charge is 2.14. The molecule has 26 heavy (non-hydrogen) atoms. The molecule has 3 rings (SSSR count). The van der Waals surface area contributed by atoms with E-state index in [2.05, 4.69) is 9.97 Å². The average molecular weight is 370 g/mol. The molecule has 7 heteroatoms. The van der Waals surface area contributed by atoms with Crippen LogP contribution in [0.4, 0.5) is 0 Å². The number of esters is 1. The van der Waals surface area contributed by atoms with Crippen LogP contribution in [0.5, 0.6) is 0 Å². The highest BCUT2D eigenvalue weighted by atomic mass is 35.5. The Bertz CT molecular complexity index is 944. The van der Waals surface area contributed by atoms with E-state index in [4.69, 9.17) is 16.3 Å². The summed E-state index contributed by atoms with van der Waals surface area (Å²) in [6.07, 6.45) is 3.13. The quantitative estimate of drug-likeness (QED) is 0.646. The minimum atomic E-state index is -0.578. The minimum Gasteiger partial charge on any atom is -0.452 e. The highest BCUT2D eigenvalue weighted by molar-refractivity contribution is 6.30. The zero-order chi connectivity index (χ0) is 18.5. The van der Waals surface area contributed by atoms with Gasteiger partial charge in [-0.15, -0.1) is 0 Å². The second-order valence-electron chi connectivity index (χ2n) is 5.71. The van der Waals surface area contributed by atoms with E-state index in [9.17, 15) is 9.59 Å². The number of aromatic nitrogens is 2. The molecular weight excluding hydrogens is 354 g/mol. The number of benzene rings is 2. The van der Waals surface area contributed by atoms with Gasteiger partial charge in [-0.2, -0.15) is 0 Å². The summed E-state index contributed by atoms with van der Waals surface area (Å²) in [5.74, 6) is -0.875. The van der Waals surface area contributed by atoms with Crippen molar-refractivity contribution in [3.8, 4) is 0 Å². The standard InChI is InChI=1S/C19H16ClN3O3/c1-23(11-13-2-5-15(20)6-3-13)18(24)12-26-19(25)14-4-7-16-17(10-14)22-9-8-21-16/h2-10H,11-12H2,1H3. The maximum absolute atomic E-state index is 12.2. The Morgan fingerprint density at radius 1 is 1.04 bits per heavy atom. The van der Waals surface area contributed by atoms with Gasteiger partial charge in [0.1, 0.15) is 0 Å². The first-order valence-corrected chi connectivity index (χ1v) is 8.27. The normalized spacial score (nSPS) is 10.5. The molecular formula is C19H16ClN3O3. The zero-order valence-corrected chi connectivity index (χ0v) is 14.8. The van der Waals surface area contributed by atoms with E-state index in [0.29, 0.717) is 28.2 Å². The number of carbonyl (C=O) groups is 2. The van der Waals surface area contributed by atoms with Crippen LogP contribution in [-0.2, 0) is 16.1 Å². The van der Waals surface area contributed by atoms with Gasteiger partial charge in [0.15, 0.2) is 6.61 Å². The van der Waals surface area contributed by atoms with Crippen LogP contribution >= 0.6 is 11.6 Å². The Labute approximate surface area is 155 Å². The van der Waals surface area contributed by atoms with Crippen LogP contribution in [0.2, 0.25) is 5.02 Å². The smallest absolute Gasteiger partial charge is 0.338 e. The Morgan fingerprint density at radius 2 is 1.73 bits per heavy atom. The second-order valence-corrected chi connectivity index (χ2v) is 6.15. The van der Waals surface area contributed by atoms with Gasteiger partial charge >= 0.3 is 5.97 Å². The predicted octanol–water partition coefficient (Wildman–Crippen LogP) is 3.10. The number of hydrogen-bond donors (Lipinski definition) is 0. The number of carbonyl (C=O) groups excluding carboxylic acids is 2. The predicted molar refractivity (Wildman–Crippen MR) is 97.7 cm³/mol. The lowest BCUT2D eigenvalue weighted by atomic mass is 10.2. The molecule has 0 saturated heterocycles. The van der Waals surface area contributed by atoms with Crippen LogP contribution in [0.25, 0.3) is 11.0 Å². The maximum Gasteiger partial charge on any atom is 0.338 e. The lowest BCUT2D eigenvalue weighted by molar-refractivity contribution is -0.133. The van der Waals surface area contributed by atoms with E-state index in [1.165, 1.54) is 4.90 Å². The Kier molecular flexibility index (Phi) is 5.43. The second kappa shape index (κ2) is 7.93. The maximum atomic E-state index is 12.2. The number of amides is 1. The summed E-state index contributed by atoms with van der Waals surface area (Å²) in [6, 6.07) is 12.1. The number of fused-ring (bicyclic) bond motifs is 1. The van der Waals surface area contributed by atoms with Crippen LogP contribution < -0.4 is 0 Å². The Hall–Kier alpha value is -2.99. The van der Waals surface area contributed by atoms with Crippen LogP contribution in [0.15, 0.2) is 54.9 Å². The van der Waals surface area contributed by atoms with Gasteiger partial charge in [-0.25, -0.2) is 4.79 Å². The SMILES string of the molecule is CN(Cc1ccc(Cl)cc1)C(=O)COC(=O)c1ccc2nccnc2c1. The number of likely N-dealkylation sites (N-methyl/N-ethyl adjacent to an activating group) is 1. The van der Waals surface area contributed by atoms with Gasteiger partial charge in [-0.3, -0.25) is 14.8 Å². The number of hydrogen-bond acceptors (Lipinski definition) is 5. The first-order valence-electron chi connectivity index (χ1n) is 7.89. The van der Waals surface area contributed by atoms with E-state index < -0.39 is 5.97 Å². The molecule has 1 aromatic heterocycles. The summed E-state index contributed by atoms with van der Waals surface area (Å²) in [6.45, 7) is 0.0700. The largest absolute Gasteiger partial charge is 0.452 e. The van der Waals surface area contributed by atoms with E-state index in [1.807, 2.05) is 12.1 Å². The summed E-state index contributed by atoms with van der Waals surface area (Å²) < 4.78 is 5.12. The van der Waals surface area contributed by atoms with E-state index in [0.717, 1.165) is 5.56 Å². The van der Waals surface area contributed by atoms with Crippen molar-refractivity contribution in [1.29, 1.82) is 0 Å². The van der Waals surface area contributed by atoms with Gasteiger partial charge in [-0.1, -0.05) is 23.7 Å². The van der Waals surface area contributed by atoms with E-state index in [-0.39, 0.29) is 12.5 Å². The molecule has 1 heterocycles. The van der Waals surface area contributed by atoms with Crippen molar-refractivity contribution in [3.63, 3.8) is 0 Å². The molecule has 132 valence electrons. The fourth-order valence-electron chi connectivity index (χ4n) is 2.36. The van der Waals surface area contributed by atoms with Gasteiger partial charge < -0.3 is 9.64 Å². The third-order valence-electron chi connectivity index (χ3n) is 3.79. The molecule has 0 spiro atoms. The third-order valence-corrected chi connectivity index (χ3v) is 4.04. The van der Waals surface area contributed by atoms with Crippen molar-refractivity contribution >= 4 is 34.5 Å². The van der Waals surface area contributed by atoms with Crippen LogP contribution in [0, 0.1) is 0 Å². The van der Waals surface area contributed by atoms with Gasteiger partial charge in [-0.05, 0) is 35.9 Å². The fourth-order valence-corrected chi connectivity index (χ4v) is 2.49. The first kappa shape index (κ1) is 17.8. The monoisotopic (exact) mass is 369 g/mol. The molecule has 0 fully saturated rings. The molecule has 0 bridgehead atoms. The molecule has 6 nitrogen and oxygen atoms in total. The zero-order valence-electron chi connectivity index (χ0n) is 14.1. The van der Waals surface area contributed by atoms with Crippen molar-refractivity contribution in [3.05, 3.63) is 71.0 Å². The average Bonchev–Trinajstić information content (AvgIpc) is 2.67. The lowest BCUT2D eigenvalue weighted by Crippen LogP contribution is -2.30. The van der Waals surface area contributed by atoms with Crippen molar-refractivity contribution in [2.24, 2.45) is 0 Å². The van der Waals surface area contributed by atoms with E-state index >= 15 is 0 Å². The minimum absolute atomic E-state index is 0.297. The molecule has 0 unspecified atom stereocenters. The number of halogens is 1. The summed E-state index contributed by atoms with van der Waals surface area (Å²) in [5, 5.41) is 0.636. The van der Waals surface area contributed by atoms with Crippen molar-refractivity contribution in [1.82, 2.24) is 14.9 Å². The van der Waals surface area contributed by atoms with Crippen LogP contribution in [0.1, 0.15) is 15.9 Å². The van der Waals surface area contributed by atoms with Crippen molar-refractivity contribution in [2.45, 2.75) is 6.54 Å². The molecule has 3 aromatic rings. The molecule has 0 aliphatic rings. The molecule has 2 aromatic carbocycles. The molecule has 0 N–H and O–H groups in total. The van der Waals surface area contributed by atoms with Crippen LogP contribution in [-0.4, -0.2) is 40.4 Å². The van der Waals surface area contributed by atoms with Gasteiger partial charge in [0.2, 0.25) is 0 Å². The highest BCUT2D eigenvalue weighted by Crippen LogP contribution is 2.13. The Balaban J connectivity index is 1.57. The lowest BCUT2D eigenvalue weighted by Gasteiger charge is -2.17. The fraction of sp³-hybridized carbons (Fsp3) is 0.158. The van der Waals surface area contributed by atoms with Crippen molar-refractivity contribution in [2.75, 3.05) is 13.7 Å². The topological polar surface area (TPSA) is 72.4 Å². The summed E-state index contributed by atoms with van der Waals surface area (Å²) in [7, 11) is 1.65. The van der Waals surface area contributed by atoms with Crippen LogP contribution in [0.3, 0.4) is 0 Å². The number of ether oxygens (including phenoxy) is 1. The van der Waals surface area contributed by atoms with Gasteiger partial charge in [0, 0.05) is 31.0 Å². The molecule has 0 aliphatic carbocycles. The molecule has 1 amide bonds.